The molecule has 2 aliphatic heterocycles. The van der Waals surface area contributed by atoms with E-state index in [0.29, 0.717) is 48.0 Å². The molecule has 11 heteroatoms. The van der Waals surface area contributed by atoms with Gasteiger partial charge >= 0.3 is 5.69 Å². The van der Waals surface area contributed by atoms with Gasteiger partial charge in [-0.15, -0.1) is 0 Å². The Morgan fingerprint density at radius 1 is 1.02 bits per heavy atom. The van der Waals surface area contributed by atoms with Gasteiger partial charge in [0.15, 0.2) is 11.5 Å². The molecule has 206 valence electrons. The average Bonchev–Trinajstić information content (AvgIpc) is 3.23. The van der Waals surface area contributed by atoms with Gasteiger partial charge in [-0.1, -0.05) is 24.3 Å². The van der Waals surface area contributed by atoms with Crippen molar-refractivity contribution in [2.45, 2.75) is 25.0 Å². The standard InChI is InChI=1S/C29H31N7O4/c30-27-26-28(32-19-31-27)36(21-17-34(18-21)25(38)7-4-14-33-15-12-22(37)13-16-33)29(39)35(26)20-8-10-24(11-9-20)40-23-5-2-1-3-6-23/h1-11,19,21-22,37H,12-18H2,(H2,30,31,32). The van der Waals surface area contributed by atoms with Crippen LogP contribution in [-0.4, -0.2) is 78.7 Å². The fraction of sp³-hybridized carbons (Fsp3) is 0.310. The van der Waals surface area contributed by atoms with E-state index in [1.807, 2.05) is 36.4 Å². The van der Waals surface area contributed by atoms with Crippen molar-refractivity contribution in [3.63, 3.8) is 0 Å². The first-order chi connectivity index (χ1) is 19.5. The summed E-state index contributed by atoms with van der Waals surface area (Å²) in [5.74, 6) is 1.46. The fourth-order valence-corrected chi connectivity index (χ4v) is 5.23. The zero-order chi connectivity index (χ0) is 27.6. The Balaban J connectivity index is 1.18. The lowest BCUT2D eigenvalue weighted by Gasteiger charge is -2.39. The van der Waals surface area contributed by atoms with Crippen molar-refractivity contribution in [1.29, 1.82) is 0 Å². The van der Waals surface area contributed by atoms with Crippen molar-refractivity contribution in [3.8, 4) is 17.2 Å². The number of nitrogens with zero attached hydrogens (tertiary/aromatic N) is 6. The second-order valence-electron chi connectivity index (χ2n) is 10.2. The number of para-hydroxylation sites is 1. The Hall–Kier alpha value is -4.48. The third-order valence-corrected chi connectivity index (χ3v) is 7.47. The highest BCUT2D eigenvalue weighted by atomic mass is 16.5. The van der Waals surface area contributed by atoms with Crippen LogP contribution in [0.25, 0.3) is 16.9 Å². The number of carbonyl (C=O) groups excluding carboxylic acids is 1. The summed E-state index contributed by atoms with van der Waals surface area (Å²) in [6.07, 6.45) is 6.10. The number of hydrogen-bond donors (Lipinski definition) is 2. The van der Waals surface area contributed by atoms with Gasteiger partial charge in [-0.05, 0) is 49.2 Å². The minimum atomic E-state index is -0.293. The third kappa shape index (κ3) is 5.08. The molecule has 2 aromatic carbocycles. The lowest BCUT2D eigenvalue weighted by atomic mass is 10.1. The number of benzene rings is 2. The van der Waals surface area contributed by atoms with Crippen LogP contribution in [0.2, 0.25) is 0 Å². The molecule has 2 fully saturated rings. The topological polar surface area (TPSA) is 132 Å². The Bertz CT molecular complexity index is 1580. The number of hydrogen-bond acceptors (Lipinski definition) is 8. The number of amides is 1. The molecule has 0 spiro atoms. The molecule has 2 aliphatic rings. The molecule has 4 aromatic rings. The predicted molar refractivity (Wildman–Crippen MR) is 150 cm³/mol. The normalized spacial score (nSPS) is 17.0. The van der Waals surface area contributed by atoms with Gasteiger partial charge in [0.2, 0.25) is 5.91 Å². The highest BCUT2D eigenvalue weighted by Gasteiger charge is 2.35. The maximum Gasteiger partial charge on any atom is 0.335 e. The number of piperidine rings is 1. The van der Waals surface area contributed by atoms with Gasteiger partial charge in [0, 0.05) is 38.8 Å². The van der Waals surface area contributed by atoms with Crippen LogP contribution in [0, 0.1) is 0 Å². The summed E-state index contributed by atoms with van der Waals surface area (Å²) < 4.78 is 9.00. The van der Waals surface area contributed by atoms with E-state index >= 15 is 0 Å². The second kappa shape index (κ2) is 10.9. The number of nitrogen functional groups attached to an aromatic ring is 1. The highest BCUT2D eigenvalue weighted by molar-refractivity contribution is 5.88. The maximum absolute atomic E-state index is 13.7. The molecule has 6 rings (SSSR count). The molecule has 0 unspecified atom stereocenters. The minimum absolute atomic E-state index is 0.0896. The first-order valence-corrected chi connectivity index (χ1v) is 13.4. The van der Waals surface area contributed by atoms with Crippen LogP contribution < -0.4 is 16.2 Å². The van der Waals surface area contributed by atoms with Gasteiger partial charge in [0.25, 0.3) is 0 Å². The zero-order valence-corrected chi connectivity index (χ0v) is 22.0. The molecular formula is C29H31N7O4. The van der Waals surface area contributed by atoms with Crippen LogP contribution in [0.1, 0.15) is 18.9 Å². The Labute approximate surface area is 230 Å². The van der Waals surface area contributed by atoms with E-state index in [9.17, 15) is 14.7 Å². The summed E-state index contributed by atoms with van der Waals surface area (Å²) in [5, 5.41) is 9.65. The van der Waals surface area contributed by atoms with E-state index in [4.69, 9.17) is 10.5 Å². The number of aromatic nitrogens is 4. The third-order valence-electron chi connectivity index (χ3n) is 7.47. The largest absolute Gasteiger partial charge is 0.457 e. The molecule has 0 aliphatic carbocycles. The first kappa shape index (κ1) is 25.8. The van der Waals surface area contributed by atoms with Crippen molar-refractivity contribution in [1.82, 2.24) is 28.9 Å². The number of anilines is 1. The summed E-state index contributed by atoms with van der Waals surface area (Å²) in [6.45, 7) is 3.12. The van der Waals surface area contributed by atoms with Gasteiger partial charge in [0.1, 0.15) is 23.3 Å². The lowest BCUT2D eigenvalue weighted by Crippen LogP contribution is -2.52. The number of rotatable bonds is 7. The summed E-state index contributed by atoms with van der Waals surface area (Å²) in [6, 6.07) is 16.4. The average molecular weight is 542 g/mol. The molecule has 11 nitrogen and oxygen atoms in total. The number of fused-ring (bicyclic) bond motifs is 1. The molecular weight excluding hydrogens is 510 g/mol. The van der Waals surface area contributed by atoms with Gasteiger partial charge in [-0.2, -0.15) is 0 Å². The van der Waals surface area contributed by atoms with E-state index in [2.05, 4.69) is 14.9 Å². The number of aliphatic hydroxyl groups excluding tert-OH is 1. The van der Waals surface area contributed by atoms with Crippen LogP contribution in [0.4, 0.5) is 5.82 Å². The van der Waals surface area contributed by atoms with Crippen LogP contribution in [0.5, 0.6) is 11.5 Å². The monoisotopic (exact) mass is 541 g/mol. The first-order valence-electron chi connectivity index (χ1n) is 13.4. The maximum atomic E-state index is 13.7. The molecule has 1 amide bonds. The van der Waals surface area contributed by atoms with Crippen molar-refractivity contribution >= 4 is 22.9 Å². The highest BCUT2D eigenvalue weighted by Crippen LogP contribution is 2.28. The predicted octanol–water partition coefficient (Wildman–Crippen LogP) is 2.35. The number of ether oxygens (including phenoxy) is 1. The van der Waals surface area contributed by atoms with Crippen molar-refractivity contribution < 1.29 is 14.6 Å². The van der Waals surface area contributed by atoms with Gasteiger partial charge in [0.05, 0.1) is 17.8 Å². The van der Waals surface area contributed by atoms with Crippen LogP contribution >= 0.6 is 0 Å². The van der Waals surface area contributed by atoms with Crippen LogP contribution in [0.3, 0.4) is 0 Å². The molecule has 0 saturated carbocycles. The van der Waals surface area contributed by atoms with Crippen LogP contribution in [-0.2, 0) is 4.79 Å². The van der Waals surface area contributed by atoms with Crippen molar-refractivity contribution in [2.75, 3.05) is 38.5 Å². The number of nitrogens with two attached hydrogens (primary N) is 1. The lowest BCUT2D eigenvalue weighted by molar-refractivity contribution is -0.131. The van der Waals surface area contributed by atoms with Gasteiger partial charge < -0.3 is 20.5 Å². The van der Waals surface area contributed by atoms with E-state index in [0.717, 1.165) is 25.9 Å². The SMILES string of the molecule is Nc1ncnc2c1n(-c1ccc(Oc3ccccc3)cc1)c(=O)n2C1CN(C(=O)C=CCN2CCC(O)CC2)C1. The van der Waals surface area contributed by atoms with E-state index in [1.165, 1.54) is 10.9 Å². The van der Waals surface area contributed by atoms with Crippen molar-refractivity contribution in [2.24, 2.45) is 0 Å². The van der Waals surface area contributed by atoms with Gasteiger partial charge in [-0.25, -0.2) is 14.8 Å². The molecule has 0 radical (unpaired) electrons. The Morgan fingerprint density at radius 3 is 2.45 bits per heavy atom. The fourth-order valence-electron chi connectivity index (χ4n) is 5.23. The summed E-state index contributed by atoms with van der Waals surface area (Å²) in [5.41, 5.74) is 7.41. The summed E-state index contributed by atoms with van der Waals surface area (Å²) in [4.78, 5) is 38.9. The van der Waals surface area contributed by atoms with E-state index in [-0.39, 0.29) is 29.6 Å². The van der Waals surface area contributed by atoms with Crippen molar-refractivity contribution in [3.05, 3.63) is 83.6 Å². The smallest absolute Gasteiger partial charge is 0.335 e. The molecule has 2 saturated heterocycles. The second-order valence-corrected chi connectivity index (χ2v) is 10.2. The van der Waals surface area contributed by atoms with E-state index < -0.39 is 0 Å². The molecule has 2 aromatic heterocycles. The number of imidazole rings is 1. The van der Waals surface area contributed by atoms with E-state index in [1.54, 1.807) is 39.8 Å². The number of likely N-dealkylation sites (tertiary alicyclic amines) is 2. The zero-order valence-electron chi connectivity index (χ0n) is 22.0. The Morgan fingerprint density at radius 2 is 1.73 bits per heavy atom. The molecule has 40 heavy (non-hydrogen) atoms. The van der Waals surface area contributed by atoms with Gasteiger partial charge in [-0.3, -0.25) is 18.8 Å². The summed E-state index contributed by atoms with van der Waals surface area (Å²) in [7, 11) is 0. The molecule has 4 heterocycles. The van der Waals surface area contributed by atoms with Crippen LogP contribution in [0.15, 0.2) is 77.9 Å². The summed E-state index contributed by atoms with van der Waals surface area (Å²) >= 11 is 0. The molecule has 3 N–H and O–H groups in total. The number of aliphatic hydroxyl groups is 1. The minimum Gasteiger partial charge on any atom is -0.457 e. The molecule has 0 atom stereocenters. The molecule has 0 bridgehead atoms. The quantitative estimate of drug-likeness (QED) is 0.341. The Kier molecular flexibility index (Phi) is 7.06. The number of carbonyl (C=O) groups is 1.